The molecule has 3 aromatic rings. The highest BCUT2D eigenvalue weighted by Crippen LogP contribution is 2.42. The second-order valence-electron chi connectivity index (χ2n) is 7.23. The molecular weight excluding hydrogens is 362 g/mol. The molecule has 1 N–H and O–H groups in total. The monoisotopic (exact) mass is 383 g/mol. The summed E-state index contributed by atoms with van der Waals surface area (Å²) in [7, 11) is 0. The maximum atomic E-state index is 13.0. The molecule has 2 aliphatic rings. The number of hydrogen-bond donors (Lipinski definition) is 1. The summed E-state index contributed by atoms with van der Waals surface area (Å²) in [4.78, 5) is 24.8. The van der Waals surface area contributed by atoms with Crippen LogP contribution in [-0.2, 0) is 6.54 Å². The number of rotatable bonds is 5. The van der Waals surface area contributed by atoms with Gasteiger partial charge in [0.25, 0.3) is 5.56 Å². The standard InChI is InChI=1S/C19H21N5O2S/c25-11-10-24-17(20-14-5-2-1-4-13(14)18(24)26)15-6-3-9-23(15)19-21-16(22-27-19)12-7-8-12/h1-2,4-5,12,15,25H,3,6-11H2. The van der Waals surface area contributed by atoms with Crippen molar-refractivity contribution in [1.29, 1.82) is 0 Å². The van der Waals surface area contributed by atoms with Crippen molar-refractivity contribution in [2.75, 3.05) is 18.1 Å². The van der Waals surface area contributed by atoms with E-state index >= 15 is 0 Å². The first-order valence-electron chi connectivity index (χ1n) is 9.47. The maximum absolute atomic E-state index is 13.0. The Morgan fingerprint density at radius 1 is 1.19 bits per heavy atom. The molecule has 0 amide bonds. The van der Waals surface area contributed by atoms with Crippen LogP contribution in [0.1, 0.15) is 49.3 Å². The van der Waals surface area contributed by atoms with E-state index in [0.717, 1.165) is 30.3 Å². The van der Waals surface area contributed by atoms with Gasteiger partial charge in [0.2, 0.25) is 5.13 Å². The number of hydrogen-bond acceptors (Lipinski definition) is 7. The highest BCUT2D eigenvalue weighted by atomic mass is 32.1. The van der Waals surface area contributed by atoms with Crippen molar-refractivity contribution >= 4 is 27.6 Å². The van der Waals surface area contributed by atoms with Crippen molar-refractivity contribution < 1.29 is 5.11 Å². The number of aliphatic hydroxyl groups is 1. The molecule has 27 heavy (non-hydrogen) atoms. The molecular formula is C19H21N5O2S. The molecule has 7 nitrogen and oxygen atoms in total. The molecule has 1 atom stereocenters. The number of anilines is 1. The van der Waals surface area contributed by atoms with E-state index in [9.17, 15) is 9.90 Å². The van der Waals surface area contributed by atoms with Crippen molar-refractivity contribution in [3.05, 3.63) is 46.3 Å². The predicted molar refractivity (Wildman–Crippen MR) is 104 cm³/mol. The first-order chi connectivity index (χ1) is 13.3. The van der Waals surface area contributed by atoms with Gasteiger partial charge in [0.1, 0.15) is 11.6 Å². The number of benzene rings is 1. The average molecular weight is 383 g/mol. The summed E-state index contributed by atoms with van der Waals surface area (Å²) >= 11 is 1.44. The van der Waals surface area contributed by atoms with Gasteiger partial charge < -0.3 is 10.0 Å². The lowest BCUT2D eigenvalue weighted by Gasteiger charge is -2.25. The van der Waals surface area contributed by atoms with Gasteiger partial charge in [-0.2, -0.15) is 4.37 Å². The van der Waals surface area contributed by atoms with Crippen LogP contribution in [0.25, 0.3) is 10.9 Å². The number of aromatic nitrogens is 4. The van der Waals surface area contributed by atoms with Crippen LogP contribution in [0.15, 0.2) is 29.1 Å². The van der Waals surface area contributed by atoms with Crippen molar-refractivity contribution in [1.82, 2.24) is 18.9 Å². The maximum Gasteiger partial charge on any atom is 0.261 e. The summed E-state index contributed by atoms with van der Waals surface area (Å²) in [5, 5.41) is 11.0. The normalized spacial score (nSPS) is 19.9. The van der Waals surface area contributed by atoms with E-state index in [4.69, 9.17) is 9.97 Å². The lowest BCUT2D eigenvalue weighted by molar-refractivity contribution is 0.270. The lowest BCUT2D eigenvalue weighted by atomic mass is 10.1. The van der Waals surface area contributed by atoms with Gasteiger partial charge in [-0.15, -0.1) is 0 Å². The Balaban J connectivity index is 1.59. The van der Waals surface area contributed by atoms with Gasteiger partial charge in [-0.3, -0.25) is 9.36 Å². The summed E-state index contributed by atoms with van der Waals surface area (Å²) in [5.41, 5.74) is 0.613. The second kappa shape index (κ2) is 6.69. The average Bonchev–Trinajstić information content (AvgIpc) is 3.22. The minimum atomic E-state index is -0.0930. The molecule has 1 unspecified atom stereocenters. The Kier molecular flexibility index (Phi) is 4.17. The number of aliphatic hydroxyl groups excluding tert-OH is 1. The molecule has 1 aliphatic heterocycles. The van der Waals surface area contributed by atoms with Gasteiger partial charge in [0.15, 0.2) is 0 Å². The smallest absolute Gasteiger partial charge is 0.261 e. The molecule has 1 aliphatic carbocycles. The fourth-order valence-electron chi connectivity index (χ4n) is 3.87. The van der Waals surface area contributed by atoms with E-state index in [1.54, 1.807) is 10.6 Å². The van der Waals surface area contributed by atoms with Crippen molar-refractivity contribution in [2.24, 2.45) is 0 Å². The van der Waals surface area contributed by atoms with Crippen molar-refractivity contribution in [2.45, 2.75) is 44.2 Å². The molecule has 3 heterocycles. The van der Waals surface area contributed by atoms with E-state index in [-0.39, 0.29) is 24.8 Å². The van der Waals surface area contributed by atoms with E-state index in [1.807, 2.05) is 18.2 Å². The molecule has 140 valence electrons. The van der Waals surface area contributed by atoms with Crippen molar-refractivity contribution in [3.63, 3.8) is 0 Å². The summed E-state index contributed by atoms with van der Waals surface area (Å²) in [6.07, 6.45) is 4.29. The van der Waals surface area contributed by atoms with Gasteiger partial charge >= 0.3 is 0 Å². The van der Waals surface area contributed by atoms with Gasteiger partial charge in [0, 0.05) is 24.0 Å². The Morgan fingerprint density at radius 2 is 2.04 bits per heavy atom. The fourth-order valence-corrected chi connectivity index (χ4v) is 4.69. The first kappa shape index (κ1) is 16.8. The van der Waals surface area contributed by atoms with Crippen LogP contribution in [0.5, 0.6) is 0 Å². The summed E-state index contributed by atoms with van der Waals surface area (Å²) in [5.74, 6) is 2.20. The molecule has 0 bridgehead atoms. The topological polar surface area (TPSA) is 84.1 Å². The van der Waals surface area contributed by atoms with Crippen LogP contribution in [0.3, 0.4) is 0 Å². The molecule has 0 spiro atoms. The largest absolute Gasteiger partial charge is 0.395 e. The van der Waals surface area contributed by atoms with Crippen LogP contribution in [0.4, 0.5) is 5.13 Å². The Morgan fingerprint density at radius 3 is 2.85 bits per heavy atom. The SMILES string of the molecule is O=c1c2ccccc2nc(C2CCCN2c2nc(C3CC3)ns2)n1CCO. The fraction of sp³-hybridized carbons (Fsp3) is 0.474. The van der Waals surface area contributed by atoms with Crippen LogP contribution in [0.2, 0.25) is 0 Å². The van der Waals surface area contributed by atoms with Crippen LogP contribution in [-0.4, -0.2) is 37.2 Å². The van der Waals surface area contributed by atoms with Crippen LogP contribution < -0.4 is 10.5 Å². The molecule has 1 saturated heterocycles. The zero-order valence-electron chi connectivity index (χ0n) is 14.9. The Labute approximate surface area is 160 Å². The molecule has 1 saturated carbocycles. The third kappa shape index (κ3) is 2.93. The summed E-state index contributed by atoms with van der Waals surface area (Å²) in [6.45, 7) is 1.04. The molecule has 0 radical (unpaired) electrons. The second-order valence-corrected chi connectivity index (χ2v) is 7.96. The van der Waals surface area contributed by atoms with E-state index in [0.29, 0.717) is 22.6 Å². The molecule has 5 rings (SSSR count). The Bertz CT molecular complexity index is 1040. The van der Waals surface area contributed by atoms with Gasteiger partial charge in [-0.05, 0) is 37.8 Å². The predicted octanol–water partition coefficient (Wildman–Crippen LogP) is 2.46. The molecule has 2 fully saturated rings. The highest BCUT2D eigenvalue weighted by molar-refractivity contribution is 7.09. The van der Waals surface area contributed by atoms with E-state index in [1.165, 1.54) is 24.4 Å². The number of para-hydroxylation sites is 1. The van der Waals surface area contributed by atoms with Gasteiger partial charge in [0.05, 0.1) is 30.1 Å². The van der Waals surface area contributed by atoms with Crippen molar-refractivity contribution in [3.8, 4) is 0 Å². The minimum Gasteiger partial charge on any atom is -0.395 e. The zero-order chi connectivity index (χ0) is 18.4. The number of nitrogens with zero attached hydrogens (tertiary/aromatic N) is 5. The van der Waals surface area contributed by atoms with Crippen LogP contribution in [0, 0.1) is 0 Å². The Hall–Kier alpha value is -2.32. The minimum absolute atomic E-state index is 0.0196. The van der Waals surface area contributed by atoms with E-state index in [2.05, 4.69) is 9.27 Å². The van der Waals surface area contributed by atoms with Gasteiger partial charge in [-0.25, -0.2) is 9.97 Å². The molecule has 8 heteroatoms. The summed E-state index contributed by atoms with van der Waals surface area (Å²) in [6, 6.07) is 7.39. The summed E-state index contributed by atoms with van der Waals surface area (Å²) < 4.78 is 6.17. The lowest BCUT2D eigenvalue weighted by Crippen LogP contribution is -2.33. The van der Waals surface area contributed by atoms with Crippen LogP contribution >= 0.6 is 11.5 Å². The zero-order valence-corrected chi connectivity index (χ0v) is 15.7. The first-order valence-corrected chi connectivity index (χ1v) is 10.2. The van der Waals surface area contributed by atoms with E-state index < -0.39 is 0 Å². The highest BCUT2D eigenvalue weighted by Gasteiger charge is 2.34. The third-order valence-electron chi connectivity index (χ3n) is 5.38. The quantitative estimate of drug-likeness (QED) is 0.729. The molecule has 1 aromatic carbocycles. The van der Waals surface area contributed by atoms with Gasteiger partial charge in [-0.1, -0.05) is 12.1 Å². The molecule has 2 aromatic heterocycles. The third-order valence-corrected chi connectivity index (χ3v) is 6.15. The number of fused-ring (bicyclic) bond motifs is 1.